The molecule has 2 rings (SSSR count). The number of carbonyl (C=O) groups is 2. The van der Waals surface area contributed by atoms with Gasteiger partial charge in [-0.25, -0.2) is 0 Å². The minimum absolute atomic E-state index is 0.164. The van der Waals surface area contributed by atoms with E-state index in [1.54, 1.807) is 24.3 Å². The molecule has 7 heteroatoms. The molecule has 0 radical (unpaired) electrons. The molecule has 2 amide bonds. The number of aryl methyl sites for hydroxylation is 1. The quantitative estimate of drug-likeness (QED) is 0.539. The zero-order valence-corrected chi connectivity index (χ0v) is 17.7. The molecule has 2 aromatic rings. The largest absolute Gasteiger partial charge is 0.490 e. The average Bonchev–Trinajstić information content (AvgIpc) is 2.68. The molecule has 2 aromatic carbocycles. The molecule has 28 heavy (non-hydrogen) atoms. The molecule has 0 unspecified atom stereocenters. The van der Waals surface area contributed by atoms with Gasteiger partial charge >= 0.3 is 0 Å². The summed E-state index contributed by atoms with van der Waals surface area (Å²) in [5.74, 6) is 0.0510. The third-order valence-electron chi connectivity index (χ3n) is 3.93. The molecule has 0 heterocycles. The Labute approximate surface area is 173 Å². The van der Waals surface area contributed by atoms with Crippen molar-refractivity contribution in [2.24, 2.45) is 0 Å². The number of rotatable bonds is 10. The van der Waals surface area contributed by atoms with Gasteiger partial charge in [0, 0.05) is 29.7 Å². The van der Waals surface area contributed by atoms with Gasteiger partial charge in [0.1, 0.15) is 12.4 Å². The highest BCUT2D eigenvalue weighted by Gasteiger charge is 2.13. The molecule has 6 nitrogen and oxygen atoms in total. The lowest BCUT2D eigenvalue weighted by molar-refractivity contribution is -0.116. The van der Waals surface area contributed by atoms with Crippen LogP contribution in [0.2, 0.25) is 0 Å². The Bertz CT molecular complexity index is 811. The van der Waals surface area contributed by atoms with Crippen molar-refractivity contribution in [1.29, 1.82) is 0 Å². The normalized spacial score (nSPS) is 10.4. The lowest BCUT2D eigenvalue weighted by Gasteiger charge is -2.12. The van der Waals surface area contributed by atoms with E-state index in [0.29, 0.717) is 31.1 Å². The molecule has 0 spiro atoms. The van der Waals surface area contributed by atoms with Crippen molar-refractivity contribution in [3.63, 3.8) is 0 Å². The van der Waals surface area contributed by atoms with Crippen molar-refractivity contribution >= 4 is 33.4 Å². The maximum Gasteiger partial charge on any atom is 0.255 e. The summed E-state index contributed by atoms with van der Waals surface area (Å²) in [4.78, 5) is 24.6. The summed E-state index contributed by atoms with van der Waals surface area (Å²) in [6.07, 6.45) is 0.172. The van der Waals surface area contributed by atoms with Crippen LogP contribution >= 0.6 is 15.9 Å². The first-order valence-corrected chi connectivity index (χ1v) is 9.94. The molecule has 2 N–H and O–H groups in total. The van der Waals surface area contributed by atoms with E-state index in [1.807, 2.05) is 32.0 Å². The van der Waals surface area contributed by atoms with Crippen molar-refractivity contribution < 1.29 is 19.1 Å². The standard InChI is InChI=1S/C21H25BrN2O4/c1-3-27-12-13-28-19-7-5-4-6-17(19)21(26)23-11-10-20(25)24-18-14-16(22)9-8-15(18)2/h4-9,14H,3,10-13H2,1-2H3,(H,23,26)(H,24,25). The molecule has 0 aliphatic carbocycles. The first kappa shape index (κ1) is 21.9. The van der Waals surface area contributed by atoms with Gasteiger partial charge in [-0.1, -0.05) is 34.1 Å². The number of benzene rings is 2. The summed E-state index contributed by atoms with van der Waals surface area (Å²) in [5.41, 5.74) is 2.15. The number of hydrogen-bond donors (Lipinski definition) is 2. The molecule has 0 atom stereocenters. The topological polar surface area (TPSA) is 76.7 Å². The van der Waals surface area contributed by atoms with Crippen molar-refractivity contribution in [2.75, 3.05) is 31.7 Å². The van der Waals surface area contributed by atoms with Crippen LogP contribution in [0.15, 0.2) is 46.9 Å². The fraction of sp³-hybridized carbons (Fsp3) is 0.333. The average molecular weight is 449 g/mol. The predicted octanol–water partition coefficient (Wildman–Crippen LogP) is 3.93. The van der Waals surface area contributed by atoms with Gasteiger partial charge in [-0.2, -0.15) is 0 Å². The lowest BCUT2D eigenvalue weighted by Crippen LogP contribution is -2.28. The molecule has 0 saturated carbocycles. The zero-order chi connectivity index (χ0) is 20.4. The Hall–Kier alpha value is -2.38. The van der Waals surface area contributed by atoms with Crippen LogP contribution < -0.4 is 15.4 Å². The van der Waals surface area contributed by atoms with Gasteiger partial charge in [0.05, 0.1) is 12.2 Å². The number of para-hydroxylation sites is 1. The maximum absolute atomic E-state index is 12.4. The molecule has 0 aliphatic rings. The summed E-state index contributed by atoms with van der Waals surface area (Å²) >= 11 is 3.39. The molecular weight excluding hydrogens is 424 g/mol. The highest BCUT2D eigenvalue weighted by molar-refractivity contribution is 9.10. The SMILES string of the molecule is CCOCCOc1ccccc1C(=O)NCCC(=O)Nc1cc(Br)ccc1C. The van der Waals surface area contributed by atoms with Crippen LogP contribution in [0, 0.1) is 6.92 Å². The van der Waals surface area contributed by atoms with Crippen LogP contribution in [-0.2, 0) is 9.53 Å². The number of ether oxygens (including phenoxy) is 2. The van der Waals surface area contributed by atoms with Crippen molar-refractivity contribution in [2.45, 2.75) is 20.3 Å². The first-order chi connectivity index (χ1) is 13.5. The summed E-state index contributed by atoms with van der Waals surface area (Å²) in [5, 5.41) is 5.62. The molecular formula is C21H25BrN2O4. The third kappa shape index (κ3) is 6.98. The van der Waals surface area contributed by atoms with Gasteiger partial charge in [0.15, 0.2) is 0 Å². The van der Waals surface area contributed by atoms with Gasteiger partial charge in [0.25, 0.3) is 5.91 Å². The number of amides is 2. The first-order valence-electron chi connectivity index (χ1n) is 9.15. The Balaban J connectivity index is 1.83. The number of hydrogen-bond acceptors (Lipinski definition) is 4. The van der Waals surface area contributed by atoms with Gasteiger partial charge < -0.3 is 20.1 Å². The van der Waals surface area contributed by atoms with E-state index in [4.69, 9.17) is 9.47 Å². The Kier molecular flexibility index (Phi) is 8.97. The van der Waals surface area contributed by atoms with E-state index in [2.05, 4.69) is 26.6 Å². The van der Waals surface area contributed by atoms with E-state index in [-0.39, 0.29) is 24.8 Å². The lowest BCUT2D eigenvalue weighted by atomic mass is 10.2. The highest BCUT2D eigenvalue weighted by atomic mass is 79.9. The number of carbonyl (C=O) groups excluding carboxylic acids is 2. The summed E-state index contributed by atoms with van der Waals surface area (Å²) in [7, 11) is 0. The van der Waals surface area contributed by atoms with Crippen molar-refractivity contribution in [3.8, 4) is 5.75 Å². The fourth-order valence-corrected chi connectivity index (χ4v) is 2.82. The molecule has 0 saturated heterocycles. The second-order valence-electron chi connectivity index (χ2n) is 6.05. The number of nitrogens with one attached hydrogen (secondary N) is 2. The molecule has 0 aliphatic heterocycles. The Morgan fingerprint density at radius 3 is 2.68 bits per heavy atom. The van der Waals surface area contributed by atoms with E-state index in [1.165, 1.54) is 0 Å². The van der Waals surface area contributed by atoms with Crippen LogP contribution in [0.5, 0.6) is 5.75 Å². The van der Waals surface area contributed by atoms with Crippen LogP contribution in [0.25, 0.3) is 0 Å². The molecule has 150 valence electrons. The summed E-state index contributed by atoms with van der Waals surface area (Å²) in [6.45, 7) is 5.51. The number of anilines is 1. The minimum Gasteiger partial charge on any atom is -0.490 e. The van der Waals surface area contributed by atoms with E-state index < -0.39 is 0 Å². The van der Waals surface area contributed by atoms with Gasteiger partial charge in [-0.15, -0.1) is 0 Å². The summed E-state index contributed by atoms with van der Waals surface area (Å²) in [6, 6.07) is 12.7. The van der Waals surface area contributed by atoms with Crippen LogP contribution in [0.1, 0.15) is 29.3 Å². The van der Waals surface area contributed by atoms with Gasteiger partial charge in [0.2, 0.25) is 5.91 Å². The monoisotopic (exact) mass is 448 g/mol. The van der Waals surface area contributed by atoms with Crippen LogP contribution in [0.4, 0.5) is 5.69 Å². The Morgan fingerprint density at radius 1 is 1.11 bits per heavy atom. The zero-order valence-electron chi connectivity index (χ0n) is 16.1. The third-order valence-corrected chi connectivity index (χ3v) is 4.43. The van der Waals surface area contributed by atoms with Crippen molar-refractivity contribution in [3.05, 3.63) is 58.1 Å². The predicted molar refractivity (Wildman–Crippen MR) is 113 cm³/mol. The molecule has 0 fully saturated rings. The van der Waals surface area contributed by atoms with E-state index in [0.717, 1.165) is 15.7 Å². The fourth-order valence-electron chi connectivity index (χ4n) is 2.46. The van der Waals surface area contributed by atoms with E-state index >= 15 is 0 Å². The molecule has 0 aromatic heterocycles. The smallest absolute Gasteiger partial charge is 0.255 e. The van der Waals surface area contributed by atoms with E-state index in [9.17, 15) is 9.59 Å². The second kappa shape index (κ2) is 11.5. The Morgan fingerprint density at radius 2 is 1.89 bits per heavy atom. The van der Waals surface area contributed by atoms with Crippen LogP contribution in [-0.4, -0.2) is 38.2 Å². The number of halogens is 1. The highest BCUT2D eigenvalue weighted by Crippen LogP contribution is 2.21. The molecule has 0 bridgehead atoms. The maximum atomic E-state index is 12.4. The van der Waals surface area contributed by atoms with Crippen molar-refractivity contribution in [1.82, 2.24) is 5.32 Å². The minimum atomic E-state index is -0.279. The summed E-state index contributed by atoms with van der Waals surface area (Å²) < 4.78 is 11.8. The van der Waals surface area contributed by atoms with Crippen LogP contribution in [0.3, 0.4) is 0 Å². The van der Waals surface area contributed by atoms with Gasteiger partial charge in [-0.05, 0) is 43.7 Å². The second-order valence-corrected chi connectivity index (χ2v) is 6.97. The van der Waals surface area contributed by atoms with Gasteiger partial charge in [-0.3, -0.25) is 9.59 Å².